The molecule has 27 heavy (non-hydrogen) atoms. The first-order valence-corrected chi connectivity index (χ1v) is 8.79. The van der Waals surface area contributed by atoms with E-state index in [0.717, 1.165) is 18.4 Å². The van der Waals surface area contributed by atoms with E-state index in [1.165, 1.54) is 4.80 Å². The number of aromatic nitrogens is 6. The largest absolute Gasteiger partial charge is 0.340 e. The first-order chi connectivity index (χ1) is 13.1. The third kappa shape index (κ3) is 3.78. The molecule has 1 atom stereocenters. The molecule has 140 valence electrons. The van der Waals surface area contributed by atoms with Crippen LogP contribution in [0.15, 0.2) is 28.8 Å². The molecule has 10 heteroatoms. The first-order valence-electron chi connectivity index (χ1n) is 8.79. The molecule has 2 aromatic heterocycles. The van der Waals surface area contributed by atoms with Crippen molar-refractivity contribution in [3.63, 3.8) is 0 Å². The number of nitrogens with one attached hydrogen (secondary N) is 1. The second-order valence-electron chi connectivity index (χ2n) is 6.57. The van der Waals surface area contributed by atoms with Gasteiger partial charge < -0.3 is 14.7 Å². The van der Waals surface area contributed by atoms with Gasteiger partial charge in [-0.15, -0.1) is 10.2 Å². The summed E-state index contributed by atoms with van der Waals surface area (Å²) in [6, 6.07) is 7.25. The van der Waals surface area contributed by atoms with E-state index in [-0.39, 0.29) is 11.9 Å². The fourth-order valence-corrected chi connectivity index (χ4v) is 3.19. The highest BCUT2D eigenvalue weighted by Crippen LogP contribution is 2.26. The highest BCUT2D eigenvalue weighted by atomic mass is 16.5. The minimum Gasteiger partial charge on any atom is -0.340 e. The highest BCUT2D eigenvalue weighted by molar-refractivity contribution is 5.90. The van der Waals surface area contributed by atoms with Crippen molar-refractivity contribution in [2.45, 2.75) is 25.7 Å². The van der Waals surface area contributed by atoms with Gasteiger partial charge in [-0.05, 0) is 30.2 Å². The van der Waals surface area contributed by atoms with Crippen LogP contribution in [0.3, 0.4) is 0 Å². The lowest BCUT2D eigenvalue weighted by Gasteiger charge is -2.31. The third-order valence-electron chi connectivity index (χ3n) is 4.50. The quantitative estimate of drug-likeness (QED) is 0.751. The Bertz CT molecular complexity index is 950. The van der Waals surface area contributed by atoms with Gasteiger partial charge in [0.1, 0.15) is 0 Å². The second kappa shape index (κ2) is 7.14. The normalized spacial score (nSPS) is 17.1. The fourth-order valence-electron chi connectivity index (χ4n) is 3.19. The summed E-state index contributed by atoms with van der Waals surface area (Å²) in [6.45, 7) is 3.03. The molecule has 0 aliphatic carbocycles. The number of aryl methyl sites for hydroxylation is 2. The summed E-state index contributed by atoms with van der Waals surface area (Å²) < 4.78 is 5.07. The van der Waals surface area contributed by atoms with Crippen molar-refractivity contribution in [2.24, 2.45) is 7.05 Å². The molecule has 0 radical (unpaired) electrons. The summed E-state index contributed by atoms with van der Waals surface area (Å²) in [6.07, 6.45) is 1.84. The van der Waals surface area contributed by atoms with Gasteiger partial charge in [-0.3, -0.25) is 0 Å². The molecule has 1 aliphatic heterocycles. The molecule has 0 unspecified atom stereocenters. The van der Waals surface area contributed by atoms with Gasteiger partial charge in [0, 0.05) is 37.2 Å². The van der Waals surface area contributed by atoms with Crippen LogP contribution in [0.5, 0.6) is 0 Å². The number of anilines is 1. The van der Waals surface area contributed by atoms with Crippen LogP contribution in [0.25, 0.3) is 11.4 Å². The van der Waals surface area contributed by atoms with Gasteiger partial charge in [0.2, 0.25) is 11.7 Å². The number of rotatable bonds is 3. The van der Waals surface area contributed by atoms with Crippen molar-refractivity contribution in [1.29, 1.82) is 0 Å². The Balaban J connectivity index is 1.44. The van der Waals surface area contributed by atoms with Crippen LogP contribution < -0.4 is 5.32 Å². The summed E-state index contributed by atoms with van der Waals surface area (Å²) in [5, 5.41) is 19.0. The van der Waals surface area contributed by atoms with Gasteiger partial charge in [-0.25, -0.2) is 4.79 Å². The molecule has 4 rings (SSSR count). The van der Waals surface area contributed by atoms with Crippen LogP contribution in [-0.2, 0) is 7.05 Å². The maximum atomic E-state index is 12.7. The third-order valence-corrected chi connectivity index (χ3v) is 4.50. The summed E-state index contributed by atoms with van der Waals surface area (Å²) >= 11 is 0. The first kappa shape index (κ1) is 17.1. The maximum absolute atomic E-state index is 12.7. The van der Waals surface area contributed by atoms with Crippen LogP contribution in [-0.4, -0.2) is 54.4 Å². The van der Waals surface area contributed by atoms with E-state index in [1.54, 1.807) is 18.9 Å². The lowest BCUT2D eigenvalue weighted by atomic mass is 9.98. The van der Waals surface area contributed by atoms with Gasteiger partial charge in [-0.1, -0.05) is 17.3 Å². The Kier molecular flexibility index (Phi) is 4.53. The van der Waals surface area contributed by atoms with Crippen molar-refractivity contribution >= 4 is 11.7 Å². The maximum Gasteiger partial charge on any atom is 0.321 e. The Morgan fingerprint density at radius 3 is 3.00 bits per heavy atom. The van der Waals surface area contributed by atoms with Crippen LogP contribution in [0, 0.1) is 6.92 Å². The Hall–Kier alpha value is -3.30. The molecule has 3 heterocycles. The monoisotopic (exact) mass is 368 g/mol. The van der Waals surface area contributed by atoms with Gasteiger partial charge >= 0.3 is 6.03 Å². The number of carbonyl (C=O) groups is 1. The number of piperidine rings is 1. The summed E-state index contributed by atoms with van der Waals surface area (Å²) in [4.78, 5) is 20.2. The Morgan fingerprint density at radius 2 is 2.26 bits per heavy atom. The number of carbonyl (C=O) groups excluding carboxylic acids is 1. The topological polar surface area (TPSA) is 115 Å². The van der Waals surface area contributed by atoms with Crippen molar-refractivity contribution in [3.05, 3.63) is 36.0 Å². The zero-order chi connectivity index (χ0) is 18.8. The molecule has 1 fully saturated rings. The van der Waals surface area contributed by atoms with E-state index < -0.39 is 0 Å². The molecule has 1 aliphatic rings. The van der Waals surface area contributed by atoms with E-state index >= 15 is 0 Å². The molecular formula is C17H20N8O2. The second-order valence-corrected chi connectivity index (χ2v) is 6.57. The number of likely N-dealkylation sites (tertiary alicyclic amines) is 1. The van der Waals surface area contributed by atoms with E-state index in [1.807, 2.05) is 24.3 Å². The average molecular weight is 368 g/mol. The standard InChI is InChI=1S/C17H20N8O2/c1-11-18-15(22-27-11)13-6-4-8-25(10-13)17(26)19-14-7-3-5-12(9-14)16-20-23-24(2)21-16/h3,5,7,9,13H,4,6,8,10H2,1-2H3,(H,19,26)/t13-/m1/s1. The number of amides is 2. The zero-order valence-electron chi connectivity index (χ0n) is 15.2. The van der Waals surface area contributed by atoms with Crippen molar-refractivity contribution < 1.29 is 9.32 Å². The predicted molar refractivity (Wildman–Crippen MR) is 95.8 cm³/mol. The molecule has 1 aromatic carbocycles. The molecule has 1 saturated heterocycles. The smallest absolute Gasteiger partial charge is 0.321 e. The number of hydrogen-bond acceptors (Lipinski definition) is 7. The molecule has 3 aromatic rings. The lowest BCUT2D eigenvalue weighted by Crippen LogP contribution is -2.41. The summed E-state index contributed by atoms with van der Waals surface area (Å²) in [5.41, 5.74) is 1.47. The van der Waals surface area contributed by atoms with Crippen LogP contribution in [0.4, 0.5) is 10.5 Å². The number of hydrogen-bond donors (Lipinski definition) is 1. The number of urea groups is 1. The average Bonchev–Trinajstić information content (AvgIpc) is 3.30. The van der Waals surface area contributed by atoms with E-state index in [2.05, 4.69) is 30.9 Å². The van der Waals surface area contributed by atoms with Crippen LogP contribution in [0.2, 0.25) is 0 Å². The molecule has 0 spiro atoms. The fraction of sp³-hybridized carbons (Fsp3) is 0.412. The zero-order valence-corrected chi connectivity index (χ0v) is 15.2. The van der Waals surface area contributed by atoms with Crippen LogP contribution >= 0.6 is 0 Å². The highest BCUT2D eigenvalue weighted by Gasteiger charge is 2.27. The minimum atomic E-state index is -0.149. The SMILES string of the molecule is Cc1nc([C@@H]2CCCN(C(=O)Nc3cccc(-c4nnn(C)n4)c3)C2)no1. The van der Waals surface area contributed by atoms with Crippen molar-refractivity contribution in [2.75, 3.05) is 18.4 Å². The molecule has 2 amide bonds. The summed E-state index contributed by atoms with van der Waals surface area (Å²) in [7, 11) is 1.71. The Labute approximate surface area is 155 Å². The van der Waals surface area contributed by atoms with E-state index in [9.17, 15) is 4.79 Å². The van der Waals surface area contributed by atoms with Gasteiger partial charge in [0.15, 0.2) is 5.82 Å². The predicted octanol–water partition coefficient (Wildman–Crippen LogP) is 1.98. The molecular weight excluding hydrogens is 348 g/mol. The summed E-state index contributed by atoms with van der Waals surface area (Å²) in [5.74, 6) is 1.82. The van der Waals surface area contributed by atoms with Gasteiger partial charge in [0.05, 0.1) is 7.05 Å². The molecule has 1 N–H and O–H groups in total. The molecule has 0 saturated carbocycles. The Morgan fingerprint density at radius 1 is 1.37 bits per heavy atom. The molecule has 10 nitrogen and oxygen atoms in total. The number of nitrogens with zero attached hydrogens (tertiary/aromatic N) is 7. The lowest BCUT2D eigenvalue weighted by molar-refractivity contribution is 0.190. The minimum absolute atomic E-state index is 0.0945. The number of benzene rings is 1. The molecule has 0 bridgehead atoms. The van der Waals surface area contributed by atoms with E-state index in [0.29, 0.717) is 36.3 Å². The van der Waals surface area contributed by atoms with Crippen molar-refractivity contribution in [1.82, 2.24) is 35.2 Å². The number of tetrazole rings is 1. The van der Waals surface area contributed by atoms with Gasteiger partial charge in [0.25, 0.3) is 0 Å². The van der Waals surface area contributed by atoms with E-state index in [4.69, 9.17) is 4.52 Å². The van der Waals surface area contributed by atoms with Crippen LogP contribution in [0.1, 0.15) is 30.5 Å². The van der Waals surface area contributed by atoms with Gasteiger partial charge in [-0.2, -0.15) is 9.78 Å². The van der Waals surface area contributed by atoms with Crippen molar-refractivity contribution in [3.8, 4) is 11.4 Å².